The van der Waals surface area contributed by atoms with Gasteiger partial charge in [-0.25, -0.2) is 0 Å². The molecule has 2 heterocycles. The number of carbonyl (C=O) groups excluding carboxylic acids is 1. The van der Waals surface area contributed by atoms with Crippen LogP contribution in [0.5, 0.6) is 0 Å². The van der Waals surface area contributed by atoms with Crippen molar-refractivity contribution in [2.24, 2.45) is 0 Å². The van der Waals surface area contributed by atoms with Crippen LogP contribution >= 0.6 is 11.8 Å². The SMILES string of the molecule is O=C(Nc1nnc2n1CCCS2)c1cccc2ccccc12. The lowest BCUT2D eigenvalue weighted by atomic mass is 10.0. The van der Waals surface area contributed by atoms with Crippen molar-refractivity contribution in [2.75, 3.05) is 11.1 Å². The van der Waals surface area contributed by atoms with Gasteiger partial charge < -0.3 is 0 Å². The average molecular weight is 310 g/mol. The number of amides is 1. The highest BCUT2D eigenvalue weighted by molar-refractivity contribution is 7.99. The zero-order chi connectivity index (χ0) is 14.9. The second-order valence-corrected chi connectivity index (χ2v) is 6.20. The molecule has 0 saturated carbocycles. The van der Waals surface area contributed by atoms with Crippen LogP contribution in [-0.4, -0.2) is 26.4 Å². The Kier molecular flexibility index (Phi) is 3.31. The van der Waals surface area contributed by atoms with E-state index in [1.165, 1.54) is 0 Å². The molecule has 0 saturated heterocycles. The van der Waals surface area contributed by atoms with Gasteiger partial charge in [0.05, 0.1) is 0 Å². The summed E-state index contributed by atoms with van der Waals surface area (Å²) < 4.78 is 1.97. The highest BCUT2D eigenvalue weighted by atomic mass is 32.2. The van der Waals surface area contributed by atoms with E-state index in [9.17, 15) is 4.79 Å². The summed E-state index contributed by atoms with van der Waals surface area (Å²) in [6, 6.07) is 13.6. The maximum absolute atomic E-state index is 12.6. The van der Waals surface area contributed by atoms with Crippen molar-refractivity contribution >= 4 is 34.4 Å². The van der Waals surface area contributed by atoms with Gasteiger partial charge in [0.25, 0.3) is 5.91 Å². The number of benzene rings is 2. The molecule has 0 bridgehead atoms. The van der Waals surface area contributed by atoms with Gasteiger partial charge in [-0.2, -0.15) is 0 Å². The molecule has 1 aromatic heterocycles. The fourth-order valence-corrected chi connectivity index (χ4v) is 3.56. The molecule has 4 rings (SSSR count). The third-order valence-corrected chi connectivity index (χ3v) is 4.79. The van der Waals surface area contributed by atoms with Crippen molar-refractivity contribution in [1.29, 1.82) is 0 Å². The maximum Gasteiger partial charge on any atom is 0.258 e. The van der Waals surface area contributed by atoms with Crippen molar-refractivity contribution in [3.63, 3.8) is 0 Å². The molecule has 1 aliphatic rings. The van der Waals surface area contributed by atoms with Gasteiger partial charge in [0.15, 0.2) is 5.16 Å². The quantitative estimate of drug-likeness (QED) is 0.790. The highest BCUT2D eigenvalue weighted by Crippen LogP contribution is 2.26. The number of aromatic nitrogens is 3. The first-order valence-corrected chi connectivity index (χ1v) is 8.16. The first kappa shape index (κ1) is 13.3. The van der Waals surface area contributed by atoms with E-state index in [2.05, 4.69) is 15.5 Å². The predicted molar refractivity (Wildman–Crippen MR) is 87.3 cm³/mol. The second-order valence-electron chi connectivity index (χ2n) is 5.14. The molecule has 0 unspecified atom stereocenters. The highest BCUT2D eigenvalue weighted by Gasteiger charge is 2.19. The van der Waals surface area contributed by atoms with E-state index in [1.807, 2.05) is 47.0 Å². The van der Waals surface area contributed by atoms with Crippen LogP contribution in [0.4, 0.5) is 5.95 Å². The van der Waals surface area contributed by atoms with E-state index >= 15 is 0 Å². The first-order valence-electron chi connectivity index (χ1n) is 7.18. The van der Waals surface area contributed by atoms with Crippen LogP contribution in [0, 0.1) is 0 Å². The third kappa shape index (κ3) is 2.25. The fourth-order valence-electron chi connectivity index (χ4n) is 2.67. The summed E-state index contributed by atoms with van der Waals surface area (Å²) in [5.41, 5.74) is 0.652. The van der Waals surface area contributed by atoms with E-state index in [0.717, 1.165) is 34.6 Å². The molecule has 1 N–H and O–H groups in total. The Morgan fingerprint density at radius 2 is 2.00 bits per heavy atom. The number of rotatable bonds is 2. The molecule has 6 heteroatoms. The molecule has 3 aromatic rings. The van der Waals surface area contributed by atoms with Crippen LogP contribution in [0.15, 0.2) is 47.6 Å². The van der Waals surface area contributed by atoms with Gasteiger partial charge >= 0.3 is 0 Å². The topological polar surface area (TPSA) is 59.8 Å². The number of fused-ring (bicyclic) bond motifs is 2. The zero-order valence-corrected chi connectivity index (χ0v) is 12.6. The predicted octanol–water partition coefficient (Wildman–Crippen LogP) is 3.18. The number of hydrogen-bond donors (Lipinski definition) is 1. The second kappa shape index (κ2) is 5.46. The molecule has 0 spiro atoms. The molecule has 0 radical (unpaired) electrons. The molecule has 1 aliphatic heterocycles. The normalized spacial score (nSPS) is 13.8. The fraction of sp³-hybridized carbons (Fsp3) is 0.188. The molecular formula is C16H14N4OS. The van der Waals surface area contributed by atoms with Crippen LogP contribution in [-0.2, 0) is 6.54 Å². The number of carbonyl (C=O) groups is 1. The van der Waals surface area contributed by atoms with Crippen LogP contribution in [0.3, 0.4) is 0 Å². The average Bonchev–Trinajstić information content (AvgIpc) is 2.97. The summed E-state index contributed by atoms with van der Waals surface area (Å²) in [5.74, 6) is 1.43. The maximum atomic E-state index is 12.6. The van der Waals surface area contributed by atoms with Crippen LogP contribution in [0.1, 0.15) is 16.8 Å². The lowest BCUT2D eigenvalue weighted by Gasteiger charge is -2.14. The lowest BCUT2D eigenvalue weighted by molar-refractivity contribution is 0.102. The van der Waals surface area contributed by atoms with Crippen LogP contribution in [0.25, 0.3) is 10.8 Å². The summed E-state index contributed by atoms with van der Waals surface area (Å²) in [7, 11) is 0. The summed E-state index contributed by atoms with van der Waals surface area (Å²) in [5, 5.41) is 14.0. The molecule has 110 valence electrons. The zero-order valence-electron chi connectivity index (χ0n) is 11.8. The van der Waals surface area contributed by atoms with E-state index in [1.54, 1.807) is 11.8 Å². The van der Waals surface area contributed by atoms with Gasteiger partial charge in [0, 0.05) is 17.9 Å². The number of thioether (sulfide) groups is 1. The van der Waals surface area contributed by atoms with Crippen LogP contribution < -0.4 is 5.32 Å². The Morgan fingerprint density at radius 1 is 1.14 bits per heavy atom. The van der Waals surface area contributed by atoms with Gasteiger partial charge in [-0.15, -0.1) is 10.2 Å². The number of nitrogens with one attached hydrogen (secondary N) is 1. The number of hydrogen-bond acceptors (Lipinski definition) is 4. The van der Waals surface area contributed by atoms with Crippen molar-refractivity contribution in [1.82, 2.24) is 14.8 Å². The van der Waals surface area contributed by atoms with E-state index < -0.39 is 0 Å². The summed E-state index contributed by atoms with van der Waals surface area (Å²) in [4.78, 5) is 12.6. The minimum atomic E-state index is -0.150. The van der Waals surface area contributed by atoms with E-state index in [4.69, 9.17) is 0 Å². The van der Waals surface area contributed by atoms with Crippen molar-refractivity contribution in [2.45, 2.75) is 18.1 Å². The largest absolute Gasteiger partial charge is 0.290 e. The third-order valence-electron chi connectivity index (χ3n) is 3.73. The van der Waals surface area contributed by atoms with Crippen LogP contribution in [0.2, 0.25) is 0 Å². The lowest BCUT2D eigenvalue weighted by Crippen LogP contribution is -2.18. The molecule has 0 atom stereocenters. The molecular weight excluding hydrogens is 296 g/mol. The van der Waals surface area contributed by atoms with Gasteiger partial charge in [-0.05, 0) is 23.3 Å². The summed E-state index contributed by atoms with van der Waals surface area (Å²) in [6.07, 6.45) is 1.06. The van der Waals surface area contributed by atoms with Gasteiger partial charge in [-0.1, -0.05) is 48.2 Å². The van der Waals surface area contributed by atoms with Crippen molar-refractivity contribution in [3.05, 3.63) is 48.0 Å². The summed E-state index contributed by atoms with van der Waals surface area (Å²) >= 11 is 1.67. The molecule has 22 heavy (non-hydrogen) atoms. The smallest absolute Gasteiger partial charge is 0.258 e. The molecule has 0 fully saturated rings. The molecule has 0 aliphatic carbocycles. The Labute approximate surface area is 131 Å². The molecule has 2 aromatic carbocycles. The summed E-state index contributed by atoms with van der Waals surface area (Å²) in [6.45, 7) is 0.848. The van der Waals surface area contributed by atoms with E-state index in [-0.39, 0.29) is 5.91 Å². The molecule has 1 amide bonds. The Bertz CT molecular complexity index is 853. The van der Waals surface area contributed by atoms with Crippen molar-refractivity contribution < 1.29 is 4.79 Å². The Balaban J connectivity index is 1.68. The monoisotopic (exact) mass is 310 g/mol. The Morgan fingerprint density at radius 3 is 2.95 bits per heavy atom. The first-order chi connectivity index (χ1) is 10.8. The molecule has 5 nitrogen and oxygen atoms in total. The van der Waals surface area contributed by atoms with E-state index in [0.29, 0.717) is 11.5 Å². The number of nitrogens with zero attached hydrogens (tertiary/aromatic N) is 3. The minimum absolute atomic E-state index is 0.150. The minimum Gasteiger partial charge on any atom is -0.290 e. The standard InChI is InChI=1S/C16H14N4OS/c21-14(13-8-3-6-11-5-1-2-7-12(11)13)17-15-18-19-16-20(15)9-4-10-22-16/h1-3,5-8H,4,9-10H2,(H,17,18,21). The Hall–Kier alpha value is -2.34. The number of anilines is 1. The van der Waals surface area contributed by atoms with Gasteiger partial charge in [-0.3, -0.25) is 14.7 Å². The van der Waals surface area contributed by atoms with Gasteiger partial charge in [0.1, 0.15) is 0 Å². The van der Waals surface area contributed by atoms with Gasteiger partial charge in [0.2, 0.25) is 5.95 Å². The van der Waals surface area contributed by atoms with Crippen molar-refractivity contribution in [3.8, 4) is 0 Å².